The van der Waals surface area contributed by atoms with E-state index in [1.54, 1.807) is 0 Å². The third-order valence-electron chi connectivity index (χ3n) is 3.79. The summed E-state index contributed by atoms with van der Waals surface area (Å²) in [5.74, 6) is 1.74. The maximum absolute atomic E-state index is 5.18. The maximum Gasteiger partial charge on any atom is 0.0643 e. The van der Waals surface area contributed by atoms with E-state index in [9.17, 15) is 0 Å². The molecule has 13 heavy (non-hydrogen) atoms. The van der Waals surface area contributed by atoms with Crippen LogP contribution in [0.4, 0.5) is 0 Å². The third-order valence-corrected chi connectivity index (χ3v) is 3.79. The standard InChI is InChI=1S/C11H21NO/c1-8-4-3-5-11(9(8)2)12-10-6-13-7-10/h8-12H,3-7H2,1-2H3. The van der Waals surface area contributed by atoms with Gasteiger partial charge in [0.1, 0.15) is 0 Å². The highest BCUT2D eigenvalue weighted by molar-refractivity contribution is 4.86. The Morgan fingerprint density at radius 1 is 1.15 bits per heavy atom. The number of rotatable bonds is 2. The van der Waals surface area contributed by atoms with Crippen LogP contribution in [0.25, 0.3) is 0 Å². The van der Waals surface area contributed by atoms with Crippen LogP contribution in [0.15, 0.2) is 0 Å². The Balaban J connectivity index is 1.82. The molecule has 1 saturated heterocycles. The molecule has 2 aliphatic rings. The predicted octanol–water partition coefficient (Wildman–Crippen LogP) is 1.80. The Bertz CT molecular complexity index is 167. The highest BCUT2D eigenvalue weighted by atomic mass is 16.5. The molecule has 0 aromatic rings. The molecule has 76 valence electrons. The van der Waals surface area contributed by atoms with Crippen molar-refractivity contribution >= 4 is 0 Å². The molecular weight excluding hydrogens is 162 g/mol. The summed E-state index contributed by atoms with van der Waals surface area (Å²) in [5, 5.41) is 3.71. The van der Waals surface area contributed by atoms with Crippen molar-refractivity contribution in [1.82, 2.24) is 5.32 Å². The molecule has 3 atom stereocenters. The van der Waals surface area contributed by atoms with Gasteiger partial charge in [0.2, 0.25) is 0 Å². The molecule has 0 amide bonds. The summed E-state index contributed by atoms with van der Waals surface area (Å²) in [6, 6.07) is 1.40. The number of nitrogens with one attached hydrogen (secondary N) is 1. The second kappa shape index (κ2) is 3.97. The quantitative estimate of drug-likeness (QED) is 0.705. The van der Waals surface area contributed by atoms with E-state index in [0.717, 1.165) is 31.1 Å². The normalized spacial score (nSPS) is 41.5. The SMILES string of the molecule is CC1CCCC(NC2COC2)C1C. The summed E-state index contributed by atoms with van der Waals surface area (Å²) in [6.07, 6.45) is 4.18. The van der Waals surface area contributed by atoms with Crippen molar-refractivity contribution in [2.45, 2.75) is 45.2 Å². The largest absolute Gasteiger partial charge is 0.378 e. The summed E-state index contributed by atoms with van der Waals surface area (Å²) in [4.78, 5) is 0. The van der Waals surface area contributed by atoms with Crippen LogP contribution in [0.5, 0.6) is 0 Å². The van der Waals surface area contributed by atoms with Crippen molar-refractivity contribution in [3.63, 3.8) is 0 Å². The minimum Gasteiger partial charge on any atom is -0.378 e. The van der Waals surface area contributed by atoms with E-state index >= 15 is 0 Å². The van der Waals surface area contributed by atoms with Gasteiger partial charge >= 0.3 is 0 Å². The molecule has 2 rings (SSSR count). The first-order valence-electron chi connectivity index (χ1n) is 5.61. The van der Waals surface area contributed by atoms with Crippen LogP contribution < -0.4 is 5.32 Å². The zero-order valence-corrected chi connectivity index (χ0v) is 8.75. The van der Waals surface area contributed by atoms with Gasteiger partial charge in [0.05, 0.1) is 19.3 Å². The molecule has 1 heterocycles. The molecule has 0 aromatic carbocycles. The summed E-state index contributed by atoms with van der Waals surface area (Å²) in [5.41, 5.74) is 0. The number of hydrogen-bond acceptors (Lipinski definition) is 2. The van der Waals surface area contributed by atoms with Gasteiger partial charge in [-0.05, 0) is 18.3 Å². The van der Waals surface area contributed by atoms with Crippen LogP contribution in [0.1, 0.15) is 33.1 Å². The molecular formula is C11H21NO. The Morgan fingerprint density at radius 3 is 2.54 bits per heavy atom. The average Bonchev–Trinajstić information content (AvgIpc) is 2.04. The Kier molecular flexibility index (Phi) is 2.89. The second-order valence-corrected chi connectivity index (χ2v) is 4.77. The summed E-state index contributed by atoms with van der Waals surface area (Å²) in [6.45, 7) is 6.63. The monoisotopic (exact) mass is 183 g/mol. The van der Waals surface area contributed by atoms with Gasteiger partial charge in [-0.2, -0.15) is 0 Å². The van der Waals surface area contributed by atoms with E-state index in [1.807, 2.05) is 0 Å². The zero-order chi connectivity index (χ0) is 9.26. The lowest BCUT2D eigenvalue weighted by atomic mass is 9.78. The van der Waals surface area contributed by atoms with E-state index < -0.39 is 0 Å². The Morgan fingerprint density at radius 2 is 1.92 bits per heavy atom. The summed E-state index contributed by atoms with van der Waals surface area (Å²) < 4.78 is 5.18. The maximum atomic E-state index is 5.18. The molecule has 1 aliphatic heterocycles. The van der Waals surface area contributed by atoms with Gasteiger partial charge in [0.15, 0.2) is 0 Å². The van der Waals surface area contributed by atoms with Gasteiger partial charge in [-0.3, -0.25) is 0 Å². The number of hydrogen-bond donors (Lipinski definition) is 1. The molecule has 2 fully saturated rings. The van der Waals surface area contributed by atoms with Gasteiger partial charge in [-0.1, -0.05) is 26.7 Å². The third kappa shape index (κ3) is 2.05. The molecule has 3 unspecified atom stereocenters. The predicted molar refractivity (Wildman–Crippen MR) is 53.7 cm³/mol. The van der Waals surface area contributed by atoms with Crippen molar-refractivity contribution in [3.8, 4) is 0 Å². The van der Waals surface area contributed by atoms with E-state index in [0.29, 0.717) is 6.04 Å². The first-order valence-corrected chi connectivity index (χ1v) is 5.61. The fraction of sp³-hybridized carbons (Fsp3) is 1.00. The Labute approximate surface area is 81.0 Å². The summed E-state index contributed by atoms with van der Waals surface area (Å²) >= 11 is 0. The lowest BCUT2D eigenvalue weighted by molar-refractivity contribution is -0.0173. The lowest BCUT2D eigenvalue weighted by Gasteiger charge is -2.39. The van der Waals surface area contributed by atoms with Crippen molar-refractivity contribution < 1.29 is 4.74 Å². The second-order valence-electron chi connectivity index (χ2n) is 4.77. The van der Waals surface area contributed by atoms with Gasteiger partial charge in [-0.25, -0.2) is 0 Å². The van der Waals surface area contributed by atoms with Gasteiger partial charge < -0.3 is 10.1 Å². The molecule has 1 aliphatic carbocycles. The average molecular weight is 183 g/mol. The van der Waals surface area contributed by atoms with Crippen molar-refractivity contribution in [2.24, 2.45) is 11.8 Å². The molecule has 2 heteroatoms. The van der Waals surface area contributed by atoms with Crippen LogP contribution >= 0.6 is 0 Å². The molecule has 0 bridgehead atoms. The highest BCUT2D eigenvalue weighted by Gasteiger charge is 2.30. The van der Waals surface area contributed by atoms with Crippen LogP contribution in [0.3, 0.4) is 0 Å². The number of ether oxygens (including phenoxy) is 1. The van der Waals surface area contributed by atoms with Crippen molar-refractivity contribution in [3.05, 3.63) is 0 Å². The van der Waals surface area contributed by atoms with Gasteiger partial charge in [0, 0.05) is 6.04 Å². The van der Waals surface area contributed by atoms with E-state index in [1.165, 1.54) is 19.3 Å². The van der Waals surface area contributed by atoms with E-state index in [-0.39, 0.29) is 0 Å². The molecule has 0 radical (unpaired) electrons. The molecule has 2 nitrogen and oxygen atoms in total. The van der Waals surface area contributed by atoms with Crippen molar-refractivity contribution in [2.75, 3.05) is 13.2 Å². The first-order chi connectivity index (χ1) is 6.27. The molecule has 0 spiro atoms. The van der Waals surface area contributed by atoms with Gasteiger partial charge in [-0.15, -0.1) is 0 Å². The fourth-order valence-corrected chi connectivity index (χ4v) is 2.45. The van der Waals surface area contributed by atoms with Crippen LogP contribution in [-0.4, -0.2) is 25.3 Å². The first kappa shape index (κ1) is 9.47. The molecule has 0 aromatic heterocycles. The highest BCUT2D eigenvalue weighted by Crippen LogP contribution is 2.30. The minimum absolute atomic E-state index is 0.651. The molecule has 1 saturated carbocycles. The lowest BCUT2D eigenvalue weighted by Crippen LogP contribution is -2.53. The zero-order valence-electron chi connectivity index (χ0n) is 8.75. The van der Waals surface area contributed by atoms with Crippen LogP contribution in [0.2, 0.25) is 0 Å². The topological polar surface area (TPSA) is 21.3 Å². The van der Waals surface area contributed by atoms with E-state index in [2.05, 4.69) is 19.2 Å². The molecule has 1 N–H and O–H groups in total. The van der Waals surface area contributed by atoms with E-state index in [4.69, 9.17) is 4.74 Å². The summed E-state index contributed by atoms with van der Waals surface area (Å²) in [7, 11) is 0. The van der Waals surface area contributed by atoms with Gasteiger partial charge in [0.25, 0.3) is 0 Å². The van der Waals surface area contributed by atoms with Crippen LogP contribution in [-0.2, 0) is 4.74 Å². The van der Waals surface area contributed by atoms with Crippen molar-refractivity contribution in [1.29, 1.82) is 0 Å². The smallest absolute Gasteiger partial charge is 0.0643 e. The Hall–Kier alpha value is -0.0800. The minimum atomic E-state index is 0.651. The fourth-order valence-electron chi connectivity index (χ4n) is 2.45. The van der Waals surface area contributed by atoms with Crippen LogP contribution in [0, 0.1) is 11.8 Å².